The minimum absolute atomic E-state index is 0.0523. The summed E-state index contributed by atoms with van der Waals surface area (Å²) in [7, 11) is 0. The number of allylic oxidation sites excluding steroid dienone is 8. The van der Waals surface area contributed by atoms with E-state index in [1.807, 2.05) is 6.08 Å². The fourth-order valence-electron chi connectivity index (χ4n) is 3.42. The number of hydrogen-bond donors (Lipinski definition) is 0. The number of fused-ring (bicyclic) bond motifs is 2. The molecule has 0 N–H and O–H groups in total. The fourth-order valence-corrected chi connectivity index (χ4v) is 3.42. The van der Waals surface area contributed by atoms with Gasteiger partial charge in [0.15, 0.2) is 5.78 Å². The van der Waals surface area contributed by atoms with Crippen molar-refractivity contribution >= 4 is 5.78 Å². The molecule has 0 amide bonds. The molecule has 0 spiro atoms. The molecule has 0 radical (unpaired) electrons. The molecule has 3 aliphatic rings. The molecule has 0 saturated heterocycles. The highest BCUT2D eigenvalue weighted by molar-refractivity contribution is 6.04. The molecular weight excluding hydrogens is 208 g/mol. The second-order valence-electron chi connectivity index (χ2n) is 5.72. The first-order chi connectivity index (χ1) is 8.12. The molecule has 0 aromatic carbocycles. The molecule has 2 atom stereocenters. The maximum Gasteiger partial charge on any atom is 0.170 e. The summed E-state index contributed by atoms with van der Waals surface area (Å²) < 4.78 is 0. The first kappa shape index (κ1) is 10.8. The maximum atomic E-state index is 12.5. The van der Waals surface area contributed by atoms with Crippen LogP contribution in [0.15, 0.2) is 47.6 Å². The van der Waals surface area contributed by atoms with E-state index in [1.165, 1.54) is 5.57 Å². The van der Waals surface area contributed by atoms with Crippen LogP contribution in [0.4, 0.5) is 0 Å². The van der Waals surface area contributed by atoms with Crippen LogP contribution in [-0.4, -0.2) is 5.78 Å². The molecule has 2 unspecified atom stereocenters. The van der Waals surface area contributed by atoms with Crippen LogP contribution in [0, 0.1) is 17.3 Å². The Hall–Kier alpha value is -1.37. The first-order valence-corrected chi connectivity index (χ1v) is 6.43. The van der Waals surface area contributed by atoms with Crippen molar-refractivity contribution < 1.29 is 4.79 Å². The minimum atomic E-state index is 0.0523. The van der Waals surface area contributed by atoms with Gasteiger partial charge >= 0.3 is 0 Å². The first-order valence-electron chi connectivity index (χ1n) is 6.43. The van der Waals surface area contributed by atoms with Gasteiger partial charge in [0.1, 0.15) is 0 Å². The smallest absolute Gasteiger partial charge is 0.170 e. The van der Waals surface area contributed by atoms with E-state index in [9.17, 15) is 4.79 Å². The normalized spacial score (nSPS) is 33.6. The van der Waals surface area contributed by atoms with E-state index in [1.54, 1.807) is 0 Å². The highest BCUT2D eigenvalue weighted by Crippen LogP contribution is 2.51. The fraction of sp³-hybridized carbons (Fsp3) is 0.438. The van der Waals surface area contributed by atoms with Crippen molar-refractivity contribution in [2.45, 2.75) is 26.7 Å². The number of hydrogen-bond acceptors (Lipinski definition) is 1. The van der Waals surface area contributed by atoms with Gasteiger partial charge in [0.25, 0.3) is 0 Å². The standard InChI is InChI=1S/C16H18O/c1-16(2)13-9-5-3-7-11(13)15(17)12-8-4-6-10-14(12)16/h3,5,7-11,13H,4,6H2,1-2H3. The lowest BCUT2D eigenvalue weighted by Crippen LogP contribution is -2.42. The molecule has 0 heterocycles. The summed E-state index contributed by atoms with van der Waals surface area (Å²) in [5.74, 6) is 0.693. The molecule has 1 fully saturated rings. The van der Waals surface area contributed by atoms with E-state index in [0.29, 0.717) is 11.7 Å². The van der Waals surface area contributed by atoms with Crippen LogP contribution < -0.4 is 0 Å². The number of carbonyl (C=O) groups is 1. The Morgan fingerprint density at radius 1 is 1.12 bits per heavy atom. The van der Waals surface area contributed by atoms with Crippen molar-refractivity contribution in [1.29, 1.82) is 0 Å². The number of rotatable bonds is 0. The maximum absolute atomic E-state index is 12.5. The molecule has 0 bridgehead atoms. The van der Waals surface area contributed by atoms with Crippen molar-refractivity contribution in [2.24, 2.45) is 17.3 Å². The Morgan fingerprint density at radius 2 is 1.82 bits per heavy atom. The Bertz CT molecular complexity index is 486. The third kappa shape index (κ3) is 1.41. The molecular formula is C16H18O. The highest BCUT2D eigenvalue weighted by atomic mass is 16.1. The van der Waals surface area contributed by atoms with Crippen LogP contribution in [0.25, 0.3) is 0 Å². The van der Waals surface area contributed by atoms with Gasteiger partial charge < -0.3 is 0 Å². The Morgan fingerprint density at radius 3 is 2.65 bits per heavy atom. The quantitative estimate of drug-likeness (QED) is 0.616. The van der Waals surface area contributed by atoms with E-state index >= 15 is 0 Å². The molecule has 1 saturated carbocycles. The Balaban J connectivity index is 2.14. The van der Waals surface area contributed by atoms with Gasteiger partial charge in [-0.25, -0.2) is 0 Å². The van der Waals surface area contributed by atoms with Crippen LogP contribution in [0.5, 0.6) is 0 Å². The van der Waals surface area contributed by atoms with E-state index in [-0.39, 0.29) is 11.3 Å². The molecule has 1 nitrogen and oxygen atoms in total. The zero-order valence-electron chi connectivity index (χ0n) is 10.4. The second kappa shape index (κ2) is 3.56. The molecule has 3 aliphatic carbocycles. The lowest BCUT2D eigenvalue weighted by molar-refractivity contribution is -0.120. The second-order valence-corrected chi connectivity index (χ2v) is 5.72. The third-order valence-electron chi connectivity index (χ3n) is 4.38. The lowest BCUT2D eigenvalue weighted by atomic mass is 9.57. The van der Waals surface area contributed by atoms with Crippen LogP contribution >= 0.6 is 0 Å². The summed E-state index contributed by atoms with van der Waals surface area (Å²) in [6.45, 7) is 4.54. The van der Waals surface area contributed by atoms with Crippen molar-refractivity contribution in [3.05, 3.63) is 47.6 Å². The number of Topliss-reactive ketones (excluding diaryl/α,β-unsaturated/α-hetero) is 1. The molecule has 0 aliphatic heterocycles. The summed E-state index contributed by atoms with van der Waals surface area (Å²) >= 11 is 0. The van der Waals surface area contributed by atoms with Crippen LogP contribution in [0.1, 0.15) is 26.7 Å². The zero-order valence-corrected chi connectivity index (χ0v) is 10.4. The van der Waals surface area contributed by atoms with Crippen LogP contribution in [0.3, 0.4) is 0 Å². The predicted octanol–water partition coefficient (Wildman–Crippen LogP) is 3.60. The van der Waals surface area contributed by atoms with E-state index < -0.39 is 0 Å². The molecule has 88 valence electrons. The summed E-state index contributed by atoms with van der Waals surface area (Å²) in [4.78, 5) is 12.5. The van der Waals surface area contributed by atoms with Gasteiger partial charge in [-0.1, -0.05) is 50.3 Å². The van der Waals surface area contributed by atoms with E-state index in [0.717, 1.165) is 18.4 Å². The van der Waals surface area contributed by atoms with Gasteiger partial charge in [-0.3, -0.25) is 4.79 Å². The summed E-state index contributed by atoms with van der Waals surface area (Å²) in [6.07, 6.45) is 14.9. The molecule has 1 heteroatoms. The topological polar surface area (TPSA) is 17.1 Å². The average molecular weight is 226 g/mol. The predicted molar refractivity (Wildman–Crippen MR) is 69.4 cm³/mol. The number of ketones is 1. The van der Waals surface area contributed by atoms with E-state index in [2.05, 4.69) is 44.2 Å². The highest BCUT2D eigenvalue weighted by Gasteiger charge is 2.47. The molecule has 0 aromatic heterocycles. The van der Waals surface area contributed by atoms with Gasteiger partial charge in [-0.05, 0) is 29.7 Å². The molecule has 3 rings (SSSR count). The third-order valence-corrected chi connectivity index (χ3v) is 4.38. The Kier molecular flexibility index (Phi) is 2.25. The van der Waals surface area contributed by atoms with Crippen molar-refractivity contribution in [2.75, 3.05) is 0 Å². The molecule has 17 heavy (non-hydrogen) atoms. The average Bonchev–Trinajstić information content (AvgIpc) is 2.37. The van der Waals surface area contributed by atoms with Gasteiger partial charge in [-0.15, -0.1) is 0 Å². The van der Waals surface area contributed by atoms with E-state index in [4.69, 9.17) is 0 Å². The monoisotopic (exact) mass is 226 g/mol. The zero-order chi connectivity index (χ0) is 12.0. The van der Waals surface area contributed by atoms with Crippen molar-refractivity contribution in [3.8, 4) is 0 Å². The Labute approximate surface area is 103 Å². The lowest BCUT2D eigenvalue weighted by Gasteiger charge is -2.45. The van der Waals surface area contributed by atoms with Crippen molar-refractivity contribution in [3.63, 3.8) is 0 Å². The number of carbonyl (C=O) groups excluding carboxylic acids is 1. The summed E-state index contributed by atoms with van der Waals surface area (Å²) in [5, 5.41) is 0. The van der Waals surface area contributed by atoms with Gasteiger partial charge in [0, 0.05) is 11.5 Å². The van der Waals surface area contributed by atoms with Gasteiger partial charge in [0.2, 0.25) is 0 Å². The summed E-state index contributed by atoms with van der Waals surface area (Å²) in [6, 6.07) is 0. The summed E-state index contributed by atoms with van der Waals surface area (Å²) in [5.41, 5.74) is 2.34. The largest absolute Gasteiger partial charge is 0.293 e. The van der Waals surface area contributed by atoms with Crippen LogP contribution in [0.2, 0.25) is 0 Å². The molecule has 0 aromatic rings. The SMILES string of the molecule is CC1(C)C2=CCCC=C2C(=O)C2C=CC=CC21. The van der Waals surface area contributed by atoms with Crippen LogP contribution in [-0.2, 0) is 4.79 Å². The minimum Gasteiger partial charge on any atom is -0.293 e. The van der Waals surface area contributed by atoms with Crippen molar-refractivity contribution in [1.82, 2.24) is 0 Å². The van der Waals surface area contributed by atoms with Gasteiger partial charge in [0.05, 0.1) is 0 Å². The van der Waals surface area contributed by atoms with Gasteiger partial charge in [-0.2, -0.15) is 0 Å².